The number of benzene rings is 2. The van der Waals surface area contributed by atoms with Crippen LogP contribution in [0.25, 0.3) is 0 Å². The van der Waals surface area contributed by atoms with Gasteiger partial charge in [-0.2, -0.15) is 0 Å². The van der Waals surface area contributed by atoms with Gasteiger partial charge in [-0.15, -0.1) is 0 Å². The number of nitrogens with zero attached hydrogens (tertiary/aromatic N) is 1. The predicted octanol–water partition coefficient (Wildman–Crippen LogP) is 4.51. The van der Waals surface area contributed by atoms with E-state index in [0.717, 1.165) is 5.56 Å². The van der Waals surface area contributed by atoms with E-state index in [1.165, 1.54) is 18.9 Å². The molecule has 29 heavy (non-hydrogen) atoms. The molecule has 0 bridgehead atoms. The van der Waals surface area contributed by atoms with E-state index in [4.69, 9.17) is 0 Å². The summed E-state index contributed by atoms with van der Waals surface area (Å²) in [5.41, 5.74) is 1.86. The Bertz CT molecular complexity index is 882. The molecule has 1 aliphatic rings. The molecule has 3 rings (SSSR count). The molecule has 0 spiro atoms. The first-order chi connectivity index (χ1) is 13.8. The maximum atomic E-state index is 13.7. The summed E-state index contributed by atoms with van der Waals surface area (Å²) in [5, 5.41) is 5.81. The lowest BCUT2D eigenvalue weighted by Crippen LogP contribution is -2.44. The van der Waals surface area contributed by atoms with Crippen molar-refractivity contribution in [2.45, 2.75) is 45.2 Å². The van der Waals surface area contributed by atoms with Gasteiger partial charge in [-0.25, -0.2) is 9.18 Å². The van der Waals surface area contributed by atoms with Crippen LogP contribution in [-0.4, -0.2) is 29.9 Å². The SMILES string of the molecule is CC(NC(=O)N(C)C(C)C1CC1)c1cccc(NC(=O)Cc2ccccc2F)c1. The van der Waals surface area contributed by atoms with Crippen molar-refractivity contribution in [3.8, 4) is 0 Å². The van der Waals surface area contributed by atoms with Gasteiger partial charge >= 0.3 is 6.03 Å². The Hall–Kier alpha value is -2.89. The Morgan fingerprint density at radius 1 is 1.14 bits per heavy atom. The number of anilines is 1. The molecule has 154 valence electrons. The highest BCUT2D eigenvalue weighted by Gasteiger charge is 2.32. The lowest BCUT2D eigenvalue weighted by molar-refractivity contribution is -0.115. The van der Waals surface area contributed by atoms with Gasteiger partial charge in [0.05, 0.1) is 12.5 Å². The van der Waals surface area contributed by atoms with Gasteiger partial charge in [0.25, 0.3) is 0 Å². The van der Waals surface area contributed by atoms with Crippen molar-refractivity contribution >= 4 is 17.6 Å². The molecule has 0 radical (unpaired) electrons. The van der Waals surface area contributed by atoms with Crippen molar-refractivity contribution in [3.05, 3.63) is 65.5 Å². The number of nitrogens with one attached hydrogen (secondary N) is 2. The molecule has 1 aliphatic carbocycles. The van der Waals surface area contributed by atoms with Gasteiger partial charge in [0.2, 0.25) is 5.91 Å². The van der Waals surface area contributed by atoms with Crippen molar-refractivity contribution in [2.75, 3.05) is 12.4 Å². The molecule has 5 nitrogen and oxygen atoms in total. The van der Waals surface area contributed by atoms with Crippen LogP contribution in [0.2, 0.25) is 0 Å². The Labute approximate surface area is 171 Å². The zero-order valence-corrected chi connectivity index (χ0v) is 17.1. The van der Waals surface area contributed by atoms with E-state index in [-0.39, 0.29) is 30.4 Å². The molecule has 2 aromatic carbocycles. The fourth-order valence-corrected chi connectivity index (χ4v) is 3.36. The van der Waals surface area contributed by atoms with Crippen LogP contribution < -0.4 is 10.6 Å². The Morgan fingerprint density at radius 3 is 2.55 bits per heavy atom. The quantitative estimate of drug-likeness (QED) is 0.722. The summed E-state index contributed by atoms with van der Waals surface area (Å²) in [4.78, 5) is 26.5. The Morgan fingerprint density at radius 2 is 1.86 bits per heavy atom. The van der Waals surface area contributed by atoms with E-state index in [2.05, 4.69) is 17.6 Å². The molecule has 6 heteroatoms. The van der Waals surface area contributed by atoms with E-state index in [1.807, 2.05) is 32.2 Å². The lowest BCUT2D eigenvalue weighted by atomic mass is 10.1. The highest BCUT2D eigenvalue weighted by molar-refractivity contribution is 5.92. The molecule has 2 N–H and O–H groups in total. The van der Waals surface area contributed by atoms with E-state index in [0.29, 0.717) is 17.2 Å². The summed E-state index contributed by atoms with van der Waals surface area (Å²) in [6.07, 6.45) is 2.33. The van der Waals surface area contributed by atoms with Crippen molar-refractivity contribution < 1.29 is 14.0 Å². The third-order valence-corrected chi connectivity index (χ3v) is 5.55. The van der Waals surface area contributed by atoms with E-state index < -0.39 is 5.82 Å². The second-order valence-electron chi connectivity index (χ2n) is 7.80. The van der Waals surface area contributed by atoms with Crippen molar-refractivity contribution in [2.24, 2.45) is 5.92 Å². The lowest BCUT2D eigenvalue weighted by Gasteiger charge is -2.27. The third-order valence-electron chi connectivity index (χ3n) is 5.55. The van der Waals surface area contributed by atoms with Crippen molar-refractivity contribution in [1.82, 2.24) is 10.2 Å². The number of urea groups is 1. The van der Waals surface area contributed by atoms with Crippen molar-refractivity contribution in [1.29, 1.82) is 0 Å². The van der Waals surface area contributed by atoms with E-state index in [9.17, 15) is 14.0 Å². The summed E-state index contributed by atoms with van der Waals surface area (Å²) < 4.78 is 13.7. The van der Waals surface area contributed by atoms with Crippen LogP contribution in [0.15, 0.2) is 48.5 Å². The van der Waals surface area contributed by atoms with Crippen LogP contribution in [0, 0.1) is 11.7 Å². The number of halogens is 1. The first-order valence-electron chi connectivity index (χ1n) is 10.0. The molecule has 0 heterocycles. The van der Waals surface area contributed by atoms with Crippen LogP contribution in [0.1, 0.15) is 43.9 Å². The first-order valence-corrected chi connectivity index (χ1v) is 10.0. The molecule has 3 amide bonds. The fraction of sp³-hybridized carbons (Fsp3) is 0.391. The molecule has 2 unspecified atom stereocenters. The van der Waals surface area contributed by atoms with Crippen LogP contribution in [0.3, 0.4) is 0 Å². The summed E-state index contributed by atoms with van der Waals surface area (Å²) in [6, 6.07) is 13.5. The van der Waals surface area contributed by atoms with Gasteiger partial charge in [0, 0.05) is 18.8 Å². The van der Waals surface area contributed by atoms with Gasteiger partial charge in [0.1, 0.15) is 5.82 Å². The van der Waals surface area contributed by atoms with Crippen LogP contribution >= 0.6 is 0 Å². The maximum absolute atomic E-state index is 13.7. The molecule has 0 aromatic heterocycles. The Kier molecular flexibility index (Phi) is 6.52. The number of carbonyl (C=O) groups is 2. The summed E-state index contributed by atoms with van der Waals surface area (Å²) in [5.74, 6) is -0.0757. The summed E-state index contributed by atoms with van der Waals surface area (Å²) >= 11 is 0. The Balaban J connectivity index is 1.58. The fourth-order valence-electron chi connectivity index (χ4n) is 3.36. The standard InChI is InChI=1S/C23H28FN3O2/c1-15(25-23(29)27(3)16(2)17-11-12-17)18-8-6-9-20(13-18)26-22(28)14-19-7-4-5-10-21(19)24/h4-10,13,15-17H,11-12,14H2,1-3H3,(H,25,29)(H,26,28). The summed E-state index contributed by atoms with van der Waals surface area (Å²) in [7, 11) is 1.82. The molecular weight excluding hydrogens is 369 g/mol. The molecule has 2 atom stereocenters. The minimum Gasteiger partial charge on any atom is -0.331 e. The maximum Gasteiger partial charge on any atom is 0.317 e. The largest absolute Gasteiger partial charge is 0.331 e. The molecular formula is C23H28FN3O2. The molecule has 1 saturated carbocycles. The van der Waals surface area contributed by atoms with E-state index in [1.54, 1.807) is 29.2 Å². The zero-order valence-electron chi connectivity index (χ0n) is 17.1. The molecule has 1 fully saturated rings. The van der Waals surface area contributed by atoms with Gasteiger partial charge in [0.15, 0.2) is 0 Å². The number of hydrogen-bond donors (Lipinski definition) is 2. The minimum atomic E-state index is -0.391. The average Bonchev–Trinajstić information content (AvgIpc) is 3.54. The summed E-state index contributed by atoms with van der Waals surface area (Å²) in [6.45, 7) is 3.99. The molecule has 0 saturated heterocycles. The van der Waals surface area contributed by atoms with Crippen molar-refractivity contribution in [3.63, 3.8) is 0 Å². The monoisotopic (exact) mass is 397 g/mol. The second-order valence-corrected chi connectivity index (χ2v) is 7.80. The number of carbonyl (C=O) groups excluding carboxylic acids is 2. The predicted molar refractivity (Wildman–Crippen MR) is 112 cm³/mol. The number of rotatable bonds is 7. The number of amides is 3. The van der Waals surface area contributed by atoms with Crippen LogP contribution in [-0.2, 0) is 11.2 Å². The van der Waals surface area contributed by atoms with Gasteiger partial charge in [-0.1, -0.05) is 30.3 Å². The van der Waals surface area contributed by atoms with Crippen LogP contribution in [0.4, 0.5) is 14.9 Å². The molecule has 0 aliphatic heterocycles. The minimum absolute atomic E-state index is 0.0347. The van der Waals surface area contributed by atoms with Crippen LogP contribution in [0.5, 0.6) is 0 Å². The number of hydrogen-bond acceptors (Lipinski definition) is 2. The highest BCUT2D eigenvalue weighted by Crippen LogP contribution is 2.34. The van der Waals surface area contributed by atoms with Gasteiger partial charge in [-0.05, 0) is 61.9 Å². The van der Waals surface area contributed by atoms with Gasteiger partial charge < -0.3 is 15.5 Å². The zero-order chi connectivity index (χ0) is 21.0. The highest BCUT2D eigenvalue weighted by atomic mass is 19.1. The first kappa shape index (κ1) is 20.8. The smallest absolute Gasteiger partial charge is 0.317 e. The molecule has 2 aromatic rings. The second kappa shape index (κ2) is 9.07. The topological polar surface area (TPSA) is 61.4 Å². The average molecular weight is 397 g/mol. The van der Waals surface area contributed by atoms with Gasteiger partial charge in [-0.3, -0.25) is 4.79 Å². The van der Waals surface area contributed by atoms with E-state index >= 15 is 0 Å². The third kappa shape index (κ3) is 5.56. The normalized spacial score (nSPS) is 15.3.